The number of carboxylic acid groups (broad SMARTS) is 1. The predicted molar refractivity (Wildman–Crippen MR) is 84.1 cm³/mol. The molecule has 0 bridgehead atoms. The van der Waals surface area contributed by atoms with Gasteiger partial charge in [0, 0.05) is 19.0 Å². The zero-order valence-corrected chi connectivity index (χ0v) is 13.2. The fourth-order valence-electron chi connectivity index (χ4n) is 2.85. The van der Waals surface area contributed by atoms with E-state index in [9.17, 15) is 14.4 Å². The Kier molecular flexibility index (Phi) is 4.80. The molecule has 7 nitrogen and oxygen atoms in total. The first-order valence-electron chi connectivity index (χ1n) is 8.01. The van der Waals surface area contributed by atoms with Crippen molar-refractivity contribution in [2.75, 3.05) is 13.2 Å². The van der Waals surface area contributed by atoms with Gasteiger partial charge in [-0.2, -0.15) is 0 Å². The van der Waals surface area contributed by atoms with Crippen molar-refractivity contribution in [1.82, 2.24) is 10.2 Å². The van der Waals surface area contributed by atoms with Crippen molar-refractivity contribution in [2.45, 2.75) is 37.9 Å². The molecule has 2 N–H and O–H groups in total. The number of rotatable bonds is 6. The molecular weight excluding hydrogens is 312 g/mol. The molecule has 1 heterocycles. The number of hydrogen-bond acceptors (Lipinski definition) is 4. The van der Waals surface area contributed by atoms with Gasteiger partial charge in [-0.3, -0.25) is 9.59 Å². The molecule has 3 rings (SSSR count). The third-order valence-corrected chi connectivity index (χ3v) is 4.25. The molecule has 0 radical (unpaired) electrons. The average molecular weight is 332 g/mol. The van der Waals surface area contributed by atoms with Crippen molar-refractivity contribution in [3.05, 3.63) is 35.4 Å². The molecule has 1 saturated carbocycles. The van der Waals surface area contributed by atoms with Crippen LogP contribution in [0.4, 0.5) is 0 Å². The summed E-state index contributed by atoms with van der Waals surface area (Å²) in [5, 5.41) is 11.5. The number of benzene rings is 1. The Morgan fingerprint density at radius 3 is 2.54 bits per heavy atom. The smallest absolute Gasteiger partial charge is 0.329 e. The summed E-state index contributed by atoms with van der Waals surface area (Å²) in [7, 11) is 0. The molecule has 0 aromatic heterocycles. The normalized spacial score (nSPS) is 19.5. The van der Waals surface area contributed by atoms with Gasteiger partial charge in [-0.1, -0.05) is 24.3 Å². The number of carbonyl (C=O) groups excluding carboxylic acids is 2. The van der Waals surface area contributed by atoms with Gasteiger partial charge >= 0.3 is 5.97 Å². The summed E-state index contributed by atoms with van der Waals surface area (Å²) in [5.74, 6) is -1.66. The van der Waals surface area contributed by atoms with E-state index in [0.29, 0.717) is 13.0 Å². The third-order valence-electron chi connectivity index (χ3n) is 4.25. The molecule has 0 saturated heterocycles. The van der Waals surface area contributed by atoms with E-state index in [2.05, 4.69) is 5.32 Å². The summed E-state index contributed by atoms with van der Waals surface area (Å²) in [5.41, 5.74) is 2.06. The summed E-state index contributed by atoms with van der Waals surface area (Å²) in [6.45, 7) is -0.551. The van der Waals surface area contributed by atoms with Crippen molar-refractivity contribution in [3.8, 4) is 0 Å². The first kappa shape index (κ1) is 16.4. The van der Waals surface area contributed by atoms with E-state index >= 15 is 0 Å². The SMILES string of the molecule is O=C(O)COCC(=O)N1Cc2ccccc2C[C@H]1C(=O)NC1CC1. The van der Waals surface area contributed by atoms with Gasteiger partial charge < -0.3 is 20.1 Å². The van der Waals surface area contributed by atoms with Gasteiger partial charge in [0.25, 0.3) is 0 Å². The second-order valence-electron chi connectivity index (χ2n) is 6.18. The van der Waals surface area contributed by atoms with E-state index in [4.69, 9.17) is 9.84 Å². The van der Waals surface area contributed by atoms with Crippen molar-refractivity contribution in [1.29, 1.82) is 0 Å². The highest BCUT2D eigenvalue weighted by Crippen LogP contribution is 2.25. The Labute approximate surface area is 139 Å². The van der Waals surface area contributed by atoms with Gasteiger partial charge in [-0.25, -0.2) is 4.79 Å². The van der Waals surface area contributed by atoms with E-state index in [-0.39, 0.29) is 24.5 Å². The van der Waals surface area contributed by atoms with E-state index in [1.807, 2.05) is 24.3 Å². The Morgan fingerprint density at radius 1 is 1.17 bits per heavy atom. The van der Waals surface area contributed by atoms with Crippen LogP contribution in [0.1, 0.15) is 24.0 Å². The lowest BCUT2D eigenvalue weighted by molar-refractivity contribution is -0.149. The molecule has 0 spiro atoms. The number of ether oxygens (including phenoxy) is 1. The number of carboxylic acids is 1. The molecule has 2 amide bonds. The van der Waals surface area contributed by atoms with Gasteiger partial charge in [-0.15, -0.1) is 0 Å². The number of fused-ring (bicyclic) bond motifs is 1. The summed E-state index contributed by atoms with van der Waals surface area (Å²) < 4.78 is 4.90. The van der Waals surface area contributed by atoms with Gasteiger partial charge in [-0.05, 0) is 24.0 Å². The third kappa shape index (κ3) is 3.91. The largest absolute Gasteiger partial charge is 0.480 e. The minimum absolute atomic E-state index is 0.154. The first-order chi connectivity index (χ1) is 11.5. The molecule has 1 aromatic carbocycles. The zero-order chi connectivity index (χ0) is 17.1. The molecule has 128 valence electrons. The maximum absolute atomic E-state index is 12.5. The van der Waals surface area contributed by atoms with Crippen LogP contribution in [0.25, 0.3) is 0 Å². The molecule has 1 aromatic rings. The highest BCUT2D eigenvalue weighted by Gasteiger charge is 2.36. The summed E-state index contributed by atoms with van der Waals surface area (Å²) in [6.07, 6.45) is 2.41. The average Bonchev–Trinajstić information content (AvgIpc) is 3.37. The van der Waals surface area contributed by atoms with Gasteiger partial charge in [0.1, 0.15) is 19.3 Å². The van der Waals surface area contributed by atoms with Gasteiger partial charge in [0.2, 0.25) is 11.8 Å². The van der Waals surface area contributed by atoms with E-state index in [1.165, 1.54) is 4.90 Å². The molecule has 1 fully saturated rings. The van der Waals surface area contributed by atoms with Crippen molar-refractivity contribution in [3.63, 3.8) is 0 Å². The first-order valence-corrected chi connectivity index (χ1v) is 8.01. The summed E-state index contributed by atoms with van der Waals surface area (Å²) >= 11 is 0. The van der Waals surface area contributed by atoms with Crippen LogP contribution in [0.5, 0.6) is 0 Å². The quantitative estimate of drug-likeness (QED) is 0.782. The van der Waals surface area contributed by atoms with Crippen LogP contribution in [-0.4, -0.2) is 53.1 Å². The number of carbonyl (C=O) groups is 3. The van der Waals surface area contributed by atoms with Crippen LogP contribution in [0.2, 0.25) is 0 Å². The standard InChI is InChI=1S/C17H20N2O5/c20-15(9-24-10-16(21)22)19-8-12-4-2-1-3-11(12)7-14(19)17(23)18-13-5-6-13/h1-4,13-14H,5-10H2,(H,18,23)(H,21,22)/t14-/m0/s1. The molecule has 1 aliphatic carbocycles. The minimum atomic E-state index is -1.13. The highest BCUT2D eigenvalue weighted by molar-refractivity contribution is 5.89. The lowest BCUT2D eigenvalue weighted by atomic mass is 9.93. The lowest BCUT2D eigenvalue weighted by Gasteiger charge is -2.36. The van der Waals surface area contributed by atoms with Gasteiger partial charge in [0.15, 0.2) is 0 Å². The van der Waals surface area contributed by atoms with Crippen LogP contribution >= 0.6 is 0 Å². The van der Waals surface area contributed by atoms with Gasteiger partial charge in [0.05, 0.1) is 0 Å². The van der Waals surface area contributed by atoms with Crippen molar-refractivity contribution < 1.29 is 24.2 Å². The second kappa shape index (κ2) is 7.00. The number of aliphatic carboxylic acids is 1. The highest BCUT2D eigenvalue weighted by atomic mass is 16.5. The van der Waals surface area contributed by atoms with Crippen LogP contribution in [-0.2, 0) is 32.1 Å². The van der Waals surface area contributed by atoms with Crippen molar-refractivity contribution in [2.24, 2.45) is 0 Å². The summed E-state index contributed by atoms with van der Waals surface area (Å²) in [6, 6.07) is 7.35. The van der Waals surface area contributed by atoms with Crippen LogP contribution in [0.15, 0.2) is 24.3 Å². The lowest BCUT2D eigenvalue weighted by Crippen LogP contribution is -2.53. The molecule has 0 unspecified atom stereocenters. The monoisotopic (exact) mass is 332 g/mol. The zero-order valence-electron chi connectivity index (χ0n) is 13.2. The Hall–Kier alpha value is -2.41. The molecule has 1 atom stereocenters. The number of hydrogen-bond donors (Lipinski definition) is 2. The van der Waals surface area contributed by atoms with E-state index < -0.39 is 18.6 Å². The number of nitrogens with zero attached hydrogens (tertiary/aromatic N) is 1. The van der Waals surface area contributed by atoms with Crippen molar-refractivity contribution >= 4 is 17.8 Å². The van der Waals surface area contributed by atoms with Crippen LogP contribution in [0.3, 0.4) is 0 Å². The molecule has 1 aliphatic heterocycles. The molecular formula is C17H20N2O5. The Morgan fingerprint density at radius 2 is 1.88 bits per heavy atom. The maximum Gasteiger partial charge on any atom is 0.329 e. The Bertz CT molecular complexity index is 656. The number of amides is 2. The minimum Gasteiger partial charge on any atom is -0.480 e. The van der Waals surface area contributed by atoms with E-state index in [0.717, 1.165) is 24.0 Å². The topological polar surface area (TPSA) is 95.9 Å². The second-order valence-corrected chi connectivity index (χ2v) is 6.18. The fourth-order valence-corrected chi connectivity index (χ4v) is 2.85. The molecule has 2 aliphatic rings. The maximum atomic E-state index is 12.5. The summed E-state index contributed by atoms with van der Waals surface area (Å²) in [4.78, 5) is 36.9. The fraction of sp³-hybridized carbons (Fsp3) is 0.471. The van der Waals surface area contributed by atoms with E-state index in [1.54, 1.807) is 0 Å². The number of nitrogens with one attached hydrogen (secondary N) is 1. The Balaban J connectivity index is 1.73. The molecule has 24 heavy (non-hydrogen) atoms. The van der Waals surface area contributed by atoms with Crippen LogP contribution < -0.4 is 5.32 Å². The predicted octanol–water partition coefficient (Wildman–Crippen LogP) is 0.320. The molecule has 7 heteroatoms. The van der Waals surface area contributed by atoms with Crippen LogP contribution in [0, 0.1) is 0 Å².